The van der Waals surface area contributed by atoms with Crippen molar-refractivity contribution in [3.8, 4) is 0 Å². The van der Waals surface area contributed by atoms with E-state index in [2.05, 4.69) is 11.3 Å². The van der Waals surface area contributed by atoms with Gasteiger partial charge in [0.05, 0.1) is 0 Å². The Bertz CT molecular complexity index is 941. The molecule has 0 aliphatic heterocycles. The quantitative estimate of drug-likeness (QED) is 0.132. The van der Waals surface area contributed by atoms with Gasteiger partial charge in [-0.05, 0) is 0 Å². The van der Waals surface area contributed by atoms with Crippen LogP contribution in [-0.2, 0) is 9.53 Å². The maximum Gasteiger partial charge on any atom is 0.473 e. The third kappa shape index (κ3) is 4.49. The van der Waals surface area contributed by atoms with Crippen LogP contribution in [0.4, 0.5) is 101 Å². The second-order valence-corrected chi connectivity index (χ2v) is 6.81. The minimum absolute atomic E-state index is 0.636. The van der Waals surface area contributed by atoms with Crippen molar-refractivity contribution in [3.63, 3.8) is 0 Å². The van der Waals surface area contributed by atoms with Crippen LogP contribution in [0.2, 0.25) is 0 Å². The topological polar surface area (TPSA) is 26.3 Å². The number of rotatable bonds is 11. The molecule has 0 heterocycles. The highest BCUT2D eigenvalue weighted by Gasteiger charge is 2.99. The van der Waals surface area contributed by atoms with Crippen LogP contribution in [0.25, 0.3) is 0 Å². The molecule has 0 atom stereocenters. The van der Waals surface area contributed by atoms with Crippen LogP contribution in [0, 0.1) is 0 Å². The lowest BCUT2D eigenvalue weighted by Crippen LogP contribution is -2.77. The van der Waals surface area contributed by atoms with Crippen LogP contribution >= 0.6 is 0 Å². The molecule has 0 unspecified atom stereocenters. The van der Waals surface area contributed by atoms with E-state index in [0.29, 0.717) is 0 Å². The number of carbonyl (C=O) groups is 1. The maximum atomic E-state index is 13.5. The first-order valence-electron chi connectivity index (χ1n) is 8.16. The van der Waals surface area contributed by atoms with Crippen LogP contribution in [0.1, 0.15) is 0 Å². The van der Waals surface area contributed by atoms with E-state index in [0.717, 1.165) is 0 Å². The predicted octanol–water partition coefficient (Wildman–Crippen LogP) is 7.59. The highest BCUT2D eigenvalue weighted by atomic mass is 19.4. The second kappa shape index (κ2) is 9.06. The summed E-state index contributed by atoms with van der Waals surface area (Å²) in [5, 5.41) is 0. The summed E-state index contributed by atoms with van der Waals surface area (Å²) >= 11 is 0. The number of halogens is 23. The number of hydrogen-bond acceptors (Lipinski definition) is 2. The highest BCUT2D eigenvalue weighted by Crippen LogP contribution is 2.67. The van der Waals surface area contributed by atoms with Gasteiger partial charge in [-0.1, -0.05) is 6.58 Å². The minimum atomic E-state index is -9.48. The Kier molecular flexibility index (Phi) is 8.50. The molecular weight excluding hydrogens is 637 g/mol. The number of ether oxygens (including phenoxy) is 1. The van der Waals surface area contributed by atoms with E-state index in [1.54, 1.807) is 0 Å². The van der Waals surface area contributed by atoms with E-state index < -0.39 is 77.6 Å². The molecule has 2 nitrogen and oxygen atoms in total. The Balaban J connectivity index is 7.20. The van der Waals surface area contributed by atoms with Crippen LogP contribution in [0.3, 0.4) is 0 Å². The van der Waals surface area contributed by atoms with Crippen LogP contribution in [0.15, 0.2) is 12.7 Å². The van der Waals surface area contributed by atoms with Crippen molar-refractivity contribution in [1.29, 1.82) is 0 Å². The van der Waals surface area contributed by atoms with Crippen LogP contribution in [0.5, 0.6) is 0 Å². The van der Waals surface area contributed by atoms with Crippen LogP contribution < -0.4 is 0 Å². The lowest BCUT2D eigenvalue weighted by atomic mass is 9.86. The van der Waals surface area contributed by atoms with Crippen molar-refractivity contribution >= 4 is 5.97 Å². The van der Waals surface area contributed by atoms with Crippen LogP contribution in [-0.4, -0.2) is 71.6 Å². The fraction of sp³-hybridized carbons (Fsp3) is 0.786. The molecule has 0 saturated heterocycles. The summed E-state index contributed by atoms with van der Waals surface area (Å²) in [4.78, 5) is 10.4. The Hall–Kier alpha value is -2.40. The SMILES string of the molecule is C=CC(=O)OC(F)(F)C(F)(F)C(F)(F)C(F)(F)C(F)(F)C(F)(F)C(F)(F)C(F)(F)C(F)(F)C(F)(F)C(F)(F)F. The zero-order valence-electron chi connectivity index (χ0n) is 16.8. The number of hydrogen-bond donors (Lipinski definition) is 0. The summed E-state index contributed by atoms with van der Waals surface area (Å²) < 4.78 is 303. The van der Waals surface area contributed by atoms with E-state index in [4.69, 9.17) is 0 Å². The van der Waals surface area contributed by atoms with Gasteiger partial charge in [-0.2, -0.15) is 101 Å². The van der Waals surface area contributed by atoms with Gasteiger partial charge in [-0.15, -0.1) is 0 Å². The largest absolute Gasteiger partial charge is 0.473 e. The van der Waals surface area contributed by atoms with Gasteiger partial charge in [0.25, 0.3) is 0 Å². The zero-order chi connectivity index (χ0) is 32.5. The smallest absolute Gasteiger partial charge is 0.393 e. The van der Waals surface area contributed by atoms with Gasteiger partial charge in [0, 0.05) is 6.08 Å². The van der Waals surface area contributed by atoms with Crippen molar-refractivity contribution in [2.24, 2.45) is 0 Å². The molecule has 0 aromatic carbocycles. The summed E-state index contributed by atoms with van der Waals surface area (Å²) in [7, 11) is 0. The summed E-state index contributed by atoms with van der Waals surface area (Å²) in [6, 6.07) is 0. The Labute approximate surface area is 196 Å². The number of alkyl halides is 23. The van der Waals surface area contributed by atoms with E-state index >= 15 is 0 Å². The van der Waals surface area contributed by atoms with E-state index in [1.807, 2.05) is 0 Å². The van der Waals surface area contributed by atoms with Crippen molar-refractivity contribution in [2.45, 2.75) is 65.6 Å². The average molecular weight is 640 g/mol. The molecule has 0 spiro atoms. The van der Waals surface area contributed by atoms with Crippen molar-refractivity contribution in [1.82, 2.24) is 0 Å². The molecule has 0 aromatic rings. The Morgan fingerprint density at radius 3 is 0.821 bits per heavy atom. The molecule has 0 aromatic heterocycles. The Morgan fingerprint density at radius 2 is 0.615 bits per heavy atom. The summed E-state index contributed by atoms with van der Waals surface area (Å²) in [5.41, 5.74) is 0. The molecule has 0 radical (unpaired) electrons. The zero-order valence-corrected chi connectivity index (χ0v) is 16.8. The predicted molar refractivity (Wildman–Crippen MR) is 71.8 cm³/mol. The molecule has 232 valence electrons. The van der Waals surface area contributed by atoms with Crippen molar-refractivity contribution < 1.29 is 111 Å². The standard InChI is InChI=1S/C14H3F23O2/c1-2-3(38)39-14(36,37)12(31,32)10(27,28)8(23,24)6(19,20)4(15,16)5(17,18)7(21,22)9(25,26)11(29,30)13(33,34)35/h2H,1H2. The average Bonchev–Trinajstić information content (AvgIpc) is 2.70. The summed E-state index contributed by atoms with van der Waals surface area (Å²) in [6.07, 6.45) is -16.3. The molecule has 0 N–H and O–H groups in total. The second-order valence-electron chi connectivity index (χ2n) is 6.81. The third-order valence-electron chi connectivity index (χ3n) is 4.27. The fourth-order valence-electron chi connectivity index (χ4n) is 1.97. The molecule has 0 aliphatic rings. The van der Waals surface area contributed by atoms with Crippen molar-refractivity contribution in [2.75, 3.05) is 0 Å². The summed E-state index contributed by atoms with van der Waals surface area (Å²) in [5.74, 6) is -84.9. The molecule has 0 bridgehead atoms. The third-order valence-corrected chi connectivity index (χ3v) is 4.27. The first-order valence-corrected chi connectivity index (χ1v) is 8.16. The molecule has 0 aliphatic carbocycles. The van der Waals surface area contributed by atoms with Gasteiger partial charge in [0.15, 0.2) is 0 Å². The first kappa shape index (κ1) is 36.6. The number of esters is 1. The molecule has 0 fully saturated rings. The van der Waals surface area contributed by atoms with Gasteiger partial charge in [0.1, 0.15) is 0 Å². The molecule has 0 rings (SSSR count). The van der Waals surface area contributed by atoms with E-state index in [-0.39, 0.29) is 0 Å². The van der Waals surface area contributed by atoms with Gasteiger partial charge in [0.2, 0.25) is 0 Å². The van der Waals surface area contributed by atoms with Gasteiger partial charge >= 0.3 is 71.6 Å². The molecule has 0 saturated carbocycles. The Morgan fingerprint density at radius 1 is 0.410 bits per heavy atom. The van der Waals surface area contributed by atoms with Crippen molar-refractivity contribution in [3.05, 3.63) is 12.7 Å². The lowest BCUT2D eigenvalue weighted by molar-refractivity contribution is -0.484. The molecular formula is C14H3F23O2. The minimum Gasteiger partial charge on any atom is -0.393 e. The van der Waals surface area contributed by atoms with Gasteiger partial charge in [-0.3, -0.25) is 0 Å². The van der Waals surface area contributed by atoms with Gasteiger partial charge < -0.3 is 4.74 Å². The summed E-state index contributed by atoms with van der Waals surface area (Å²) in [6.45, 7) is 2.16. The first-order chi connectivity index (χ1) is 16.5. The van der Waals surface area contributed by atoms with Gasteiger partial charge in [-0.25, -0.2) is 4.79 Å². The maximum absolute atomic E-state index is 13.5. The molecule has 25 heteroatoms. The highest BCUT2D eigenvalue weighted by molar-refractivity contribution is 5.81. The van der Waals surface area contributed by atoms with E-state index in [1.165, 1.54) is 0 Å². The monoisotopic (exact) mass is 640 g/mol. The molecule has 0 amide bonds. The normalized spacial score (nSPS) is 16.3. The lowest BCUT2D eigenvalue weighted by Gasteiger charge is -2.44. The van der Waals surface area contributed by atoms with E-state index in [9.17, 15) is 106 Å². The fourth-order valence-corrected chi connectivity index (χ4v) is 1.97. The molecule has 39 heavy (non-hydrogen) atoms. The number of carbonyl (C=O) groups excluding carboxylic acids is 1.